The highest BCUT2D eigenvalue weighted by molar-refractivity contribution is 6.38. The number of anilines is 1. The third-order valence-electron chi connectivity index (χ3n) is 7.59. The molecule has 10 heteroatoms. The molecule has 2 aromatic carbocycles. The number of carbonyl (C=O) groups excluding carboxylic acids is 2. The van der Waals surface area contributed by atoms with Crippen LogP contribution in [-0.4, -0.2) is 52.6 Å². The van der Waals surface area contributed by atoms with E-state index in [0.29, 0.717) is 24.3 Å². The number of carbonyl (C=O) groups is 3. The largest absolute Gasteiger partial charge is 0.481 e. The van der Waals surface area contributed by atoms with Crippen LogP contribution in [0, 0.1) is 11.8 Å². The Morgan fingerprint density at radius 3 is 2.68 bits per heavy atom. The minimum atomic E-state index is -1.69. The van der Waals surface area contributed by atoms with Crippen LogP contribution >= 0.6 is 23.2 Å². The predicted octanol–water partition coefficient (Wildman–Crippen LogP) is 4.25. The fraction of sp³-hybridized carbons (Fsp3) is 0.370. The maximum absolute atomic E-state index is 13.9. The van der Waals surface area contributed by atoms with Crippen LogP contribution in [0.15, 0.2) is 55.1 Å². The lowest BCUT2D eigenvalue weighted by molar-refractivity contribution is -0.161. The second kappa shape index (κ2) is 9.44. The van der Waals surface area contributed by atoms with Crippen LogP contribution < -0.4 is 5.32 Å². The van der Waals surface area contributed by atoms with Crippen LogP contribution in [0.25, 0.3) is 0 Å². The van der Waals surface area contributed by atoms with Crippen LogP contribution in [0.4, 0.5) is 5.69 Å². The Kier molecular flexibility index (Phi) is 6.56. The highest BCUT2D eigenvalue weighted by Gasteiger charge is 2.74. The van der Waals surface area contributed by atoms with Gasteiger partial charge in [-0.05, 0) is 31.0 Å². The molecule has 2 fully saturated rings. The highest BCUT2D eigenvalue weighted by atomic mass is 35.5. The van der Waals surface area contributed by atoms with Crippen molar-refractivity contribution in [2.75, 3.05) is 18.5 Å². The van der Waals surface area contributed by atoms with E-state index >= 15 is 0 Å². The van der Waals surface area contributed by atoms with E-state index in [4.69, 9.17) is 32.7 Å². The zero-order valence-corrected chi connectivity index (χ0v) is 21.6. The molecule has 0 saturated carbocycles. The number of amides is 1. The van der Waals surface area contributed by atoms with Gasteiger partial charge < -0.3 is 19.9 Å². The number of hydrogen-bond acceptors (Lipinski definition) is 6. The van der Waals surface area contributed by atoms with E-state index in [0.717, 1.165) is 5.56 Å². The summed E-state index contributed by atoms with van der Waals surface area (Å²) < 4.78 is 11.7. The molecule has 0 aromatic heterocycles. The molecule has 3 heterocycles. The van der Waals surface area contributed by atoms with E-state index in [1.165, 1.54) is 12.1 Å². The third kappa shape index (κ3) is 4.03. The SMILES string of the molecule is C=CCOC(=O)C1C(C(=O)O)C2C[C@](C)(OCc3ccccc3)CN2[C@]12C(=O)Nc1c(Cl)cc(Cl)cc12. The van der Waals surface area contributed by atoms with Gasteiger partial charge >= 0.3 is 11.9 Å². The molecule has 37 heavy (non-hydrogen) atoms. The number of hydrogen-bond donors (Lipinski definition) is 2. The summed E-state index contributed by atoms with van der Waals surface area (Å²) >= 11 is 12.8. The first kappa shape index (κ1) is 25.7. The molecule has 0 radical (unpaired) electrons. The van der Waals surface area contributed by atoms with Crippen molar-refractivity contribution < 1.29 is 29.0 Å². The van der Waals surface area contributed by atoms with Crippen LogP contribution in [0.2, 0.25) is 10.0 Å². The fourth-order valence-electron chi connectivity index (χ4n) is 6.18. The monoisotopic (exact) mass is 544 g/mol. The van der Waals surface area contributed by atoms with E-state index in [-0.39, 0.29) is 23.2 Å². The van der Waals surface area contributed by atoms with Crippen LogP contribution in [0.5, 0.6) is 0 Å². The summed E-state index contributed by atoms with van der Waals surface area (Å²) in [6.45, 7) is 5.86. The van der Waals surface area contributed by atoms with Crippen molar-refractivity contribution in [2.24, 2.45) is 11.8 Å². The molecule has 2 saturated heterocycles. The molecule has 3 aliphatic rings. The van der Waals surface area contributed by atoms with E-state index in [1.807, 2.05) is 37.3 Å². The van der Waals surface area contributed by atoms with Gasteiger partial charge in [0.05, 0.1) is 28.8 Å². The molecule has 0 bridgehead atoms. The summed E-state index contributed by atoms with van der Waals surface area (Å²) in [5.74, 6) is -5.13. The number of esters is 1. The molecule has 194 valence electrons. The molecular formula is C27H26Cl2N2O6. The zero-order valence-electron chi connectivity index (χ0n) is 20.1. The van der Waals surface area contributed by atoms with Gasteiger partial charge in [-0.2, -0.15) is 0 Å². The minimum Gasteiger partial charge on any atom is -0.481 e. The zero-order chi connectivity index (χ0) is 26.5. The van der Waals surface area contributed by atoms with Crippen molar-refractivity contribution in [1.82, 2.24) is 4.90 Å². The fourth-order valence-corrected chi connectivity index (χ4v) is 6.72. The number of rotatable bonds is 7. The van der Waals surface area contributed by atoms with E-state index < -0.39 is 46.9 Å². The molecular weight excluding hydrogens is 519 g/mol. The molecule has 5 atom stereocenters. The van der Waals surface area contributed by atoms with Crippen molar-refractivity contribution in [2.45, 2.75) is 37.1 Å². The molecule has 2 aromatic rings. The Bertz CT molecular complexity index is 1290. The Balaban J connectivity index is 1.62. The Hall–Kier alpha value is -2.91. The lowest BCUT2D eigenvalue weighted by Crippen LogP contribution is -2.55. The quantitative estimate of drug-likeness (QED) is 0.396. The summed E-state index contributed by atoms with van der Waals surface area (Å²) in [5, 5.41) is 13.6. The molecule has 2 N–H and O–H groups in total. The first-order valence-corrected chi connectivity index (χ1v) is 12.6. The second-order valence-electron chi connectivity index (χ2n) is 9.91. The lowest BCUT2D eigenvalue weighted by Gasteiger charge is -2.38. The van der Waals surface area contributed by atoms with E-state index in [2.05, 4.69) is 11.9 Å². The summed E-state index contributed by atoms with van der Waals surface area (Å²) in [4.78, 5) is 41.9. The number of nitrogens with one attached hydrogen (secondary N) is 1. The van der Waals surface area contributed by atoms with Gasteiger partial charge in [0.15, 0.2) is 0 Å². The Labute approximate surface area is 224 Å². The van der Waals surface area contributed by atoms with Gasteiger partial charge in [0.2, 0.25) is 0 Å². The standard InChI is InChI=1S/C27H26Cl2N2O6/c1-3-9-36-24(34)21-20(23(32)33)19-12-26(2,37-13-15-7-5-4-6-8-15)14-31(19)27(21)17-10-16(28)11-18(29)22(17)30-25(27)35/h3-8,10-11,19-21H,1,9,12-14H2,2H3,(H,30,35)(H,32,33)/t19?,20?,21?,26-,27-/m0/s1. The number of halogens is 2. The maximum atomic E-state index is 13.9. The lowest BCUT2D eigenvalue weighted by atomic mass is 9.73. The van der Waals surface area contributed by atoms with Gasteiger partial charge in [-0.1, -0.05) is 66.2 Å². The van der Waals surface area contributed by atoms with Crippen molar-refractivity contribution in [3.63, 3.8) is 0 Å². The third-order valence-corrected chi connectivity index (χ3v) is 8.10. The second-order valence-corrected chi connectivity index (χ2v) is 10.8. The van der Waals surface area contributed by atoms with Gasteiger partial charge in [-0.15, -0.1) is 0 Å². The number of fused-ring (bicyclic) bond motifs is 4. The normalized spacial score (nSPS) is 30.1. The van der Waals surface area contributed by atoms with E-state index in [1.54, 1.807) is 11.0 Å². The summed E-state index contributed by atoms with van der Waals surface area (Å²) in [6, 6.07) is 12.0. The number of carboxylic acid groups (broad SMARTS) is 1. The highest BCUT2D eigenvalue weighted by Crippen LogP contribution is 2.60. The first-order chi connectivity index (χ1) is 17.6. The first-order valence-electron chi connectivity index (χ1n) is 11.9. The average molecular weight is 545 g/mol. The average Bonchev–Trinajstić information content (AvgIpc) is 3.44. The van der Waals surface area contributed by atoms with Gasteiger partial charge in [0.1, 0.15) is 18.1 Å². The maximum Gasteiger partial charge on any atom is 0.313 e. The molecule has 5 rings (SSSR count). The van der Waals surface area contributed by atoms with Crippen LogP contribution in [0.3, 0.4) is 0 Å². The van der Waals surface area contributed by atoms with Gasteiger partial charge in [-0.3, -0.25) is 19.3 Å². The number of carboxylic acids is 1. The van der Waals surface area contributed by atoms with Gasteiger partial charge in [-0.25, -0.2) is 0 Å². The molecule has 8 nitrogen and oxygen atoms in total. The van der Waals surface area contributed by atoms with Gasteiger partial charge in [0, 0.05) is 23.2 Å². The van der Waals surface area contributed by atoms with Crippen molar-refractivity contribution in [1.29, 1.82) is 0 Å². The van der Waals surface area contributed by atoms with Crippen molar-refractivity contribution in [3.8, 4) is 0 Å². The molecule has 1 amide bonds. The smallest absolute Gasteiger partial charge is 0.313 e. The summed E-state index contributed by atoms with van der Waals surface area (Å²) in [5.41, 5.74) is -0.849. The van der Waals surface area contributed by atoms with Crippen molar-refractivity contribution >= 4 is 46.7 Å². The Morgan fingerprint density at radius 2 is 2.00 bits per heavy atom. The number of nitrogens with zero attached hydrogens (tertiary/aromatic N) is 1. The number of ether oxygens (including phenoxy) is 2. The van der Waals surface area contributed by atoms with Crippen LogP contribution in [-0.2, 0) is 36.0 Å². The molecule has 3 aliphatic heterocycles. The summed E-state index contributed by atoms with van der Waals surface area (Å²) in [7, 11) is 0. The number of benzene rings is 2. The topological polar surface area (TPSA) is 105 Å². The van der Waals surface area contributed by atoms with E-state index in [9.17, 15) is 19.5 Å². The predicted molar refractivity (Wildman–Crippen MR) is 137 cm³/mol. The molecule has 0 aliphatic carbocycles. The minimum absolute atomic E-state index is 0.120. The Morgan fingerprint density at radius 1 is 1.27 bits per heavy atom. The van der Waals surface area contributed by atoms with Gasteiger partial charge in [0.25, 0.3) is 5.91 Å². The van der Waals surface area contributed by atoms with Crippen molar-refractivity contribution in [3.05, 3.63) is 76.3 Å². The summed E-state index contributed by atoms with van der Waals surface area (Å²) in [6.07, 6.45) is 1.68. The molecule has 1 spiro atoms. The van der Waals surface area contributed by atoms with Crippen LogP contribution in [0.1, 0.15) is 24.5 Å². The number of aliphatic carboxylic acids is 1. The molecule has 3 unspecified atom stereocenters.